The van der Waals surface area contributed by atoms with Crippen molar-refractivity contribution in [2.45, 2.75) is 25.4 Å². The highest BCUT2D eigenvalue weighted by Crippen LogP contribution is 2.11. The van der Waals surface area contributed by atoms with Gasteiger partial charge in [-0.1, -0.05) is 0 Å². The second-order valence-corrected chi connectivity index (χ2v) is 3.79. The Hall–Kier alpha value is -1.10. The van der Waals surface area contributed by atoms with E-state index in [2.05, 4.69) is 10.6 Å². The zero-order valence-corrected chi connectivity index (χ0v) is 8.25. The Bertz CT molecular complexity index is 263. The quantitative estimate of drug-likeness (QED) is 0.549. The number of nitrogens with zero attached hydrogens (tertiary/aromatic N) is 1. The number of amides is 2. The standard InChI is InChI=1S/C9H15N3O2/c1-6-8(13)11-4-5-12(6)9(14)7-2-3-10-7/h6-7,10H,2-5H2,1H3,(H,11,13)/t6?,7-/m1/s1. The minimum atomic E-state index is -0.321. The minimum Gasteiger partial charge on any atom is -0.353 e. The van der Waals surface area contributed by atoms with Crippen LogP contribution < -0.4 is 10.6 Å². The Labute approximate surface area is 82.8 Å². The lowest BCUT2D eigenvalue weighted by Crippen LogP contribution is -2.62. The lowest BCUT2D eigenvalue weighted by Gasteiger charge is -2.38. The van der Waals surface area contributed by atoms with E-state index in [9.17, 15) is 9.59 Å². The molecule has 2 aliphatic rings. The van der Waals surface area contributed by atoms with Gasteiger partial charge in [-0.05, 0) is 19.9 Å². The zero-order chi connectivity index (χ0) is 10.1. The van der Waals surface area contributed by atoms with Crippen LogP contribution in [0.5, 0.6) is 0 Å². The Morgan fingerprint density at radius 3 is 2.79 bits per heavy atom. The summed E-state index contributed by atoms with van der Waals surface area (Å²) >= 11 is 0. The maximum Gasteiger partial charge on any atom is 0.242 e. The molecule has 0 aromatic rings. The van der Waals surface area contributed by atoms with Gasteiger partial charge in [0, 0.05) is 13.1 Å². The number of carbonyl (C=O) groups is 2. The maximum absolute atomic E-state index is 11.8. The Morgan fingerprint density at radius 2 is 2.21 bits per heavy atom. The molecule has 2 rings (SSSR count). The van der Waals surface area contributed by atoms with Gasteiger partial charge in [0.1, 0.15) is 6.04 Å². The summed E-state index contributed by atoms with van der Waals surface area (Å²) in [6.45, 7) is 3.88. The molecule has 2 amide bonds. The number of piperazine rings is 1. The van der Waals surface area contributed by atoms with E-state index in [1.54, 1.807) is 11.8 Å². The molecule has 1 unspecified atom stereocenters. The van der Waals surface area contributed by atoms with E-state index in [0.29, 0.717) is 13.1 Å². The number of nitrogens with one attached hydrogen (secondary N) is 2. The Morgan fingerprint density at radius 1 is 1.50 bits per heavy atom. The van der Waals surface area contributed by atoms with Gasteiger partial charge < -0.3 is 15.5 Å². The predicted molar refractivity (Wildman–Crippen MR) is 50.6 cm³/mol. The Kier molecular flexibility index (Phi) is 2.41. The summed E-state index contributed by atoms with van der Waals surface area (Å²) in [5, 5.41) is 5.79. The summed E-state index contributed by atoms with van der Waals surface area (Å²) < 4.78 is 0. The summed E-state index contributed by atoms with van der Waals surface area (Å²) in [7, 11) is 0. The summed E-state index contributed by atoms with van der Waals surface area (Å²) in [6, 6.07) is -0.373. The van der Waals surface area contributed by atoms with Crippen molar-refractivity contribution >= 4 is 11.8 Å². The van der Waals surface area contributed by atoms with Gasteiger partial charge >= 0.3 is 0 Å². The zero-order valence-electron chi connectivity index (χ0n) is 8.25. The van der Waals surface area contributed by atoms with Crippen LogP contribution in [-0.4, -0.2) is 48.4 Å². The monoisotopic (exact) mass is 197 g/mol. The van der Waals surface area contributed by atoms with Gasteiger partial charge in [0.2, 0.25) is 11.8 Å². The number of carbonyl (C=O) groups excluding carboxylic acids is 2. The first-order chi connectivity index (χ1) is 6.70. The smallest absolute Gasteiger partial charge is 0.242 e. The second-order valence-electron chi connectivity index (χ2n) is 3.79. The summed E-state index contributed by atoms with van der Waals surface area (Å²) in [6.07, 6.45) is 0.893. The molecule has 2 fully saturated rings. The van der Waals surface area contributed by atoms with Gasteiger partial charge in [-0.2, -0.15) is 0 Å². The van der Waals surface area contributed by atoms with Gasteiger partial charge in [-0.3, -0.25) is 9.59 Å². The molecule has 0 aromatic heterocycles. The average Bonchev–Trinajstić information content (AvgIpc) is 2.06. The van der Waals surface area contributed by atoms with E-state index in [1.807, 2.05) is 0 Å². The van der Waals surface area contributed by atoms with Gasteiger partial charge in [-0.25, -0.2) is 0 Å². The van der Waals surface area contributed by atoms with Crippen molar-refractivity contribution in [2.24, 2.45) is 0 Å². The van der Waals surface area contributed by atoms with Crippen LogP contribution >= 0.6 is 0 Å². The van der Waals surface area contributed by atoms with Crippen molar-refractivity contribution in [3.8, 4) is 0 Å². The molecule has 0 spiro atoms. The summed E-state index contributed by atoms with van der Waals surface area (Å²) in [4.78, 5) is 24.8. The summed E-state index contributed by atoms with van der Waals surface area (Å²) in [5.41, 5.74) is 0. The van der Waals surface area contributed by atoms with Crippen LogP contribution in [0, 0.1) is 0 Å². The van der Waals surface area contributed by atoms with Crippen molar-refractivity contribution in [3.05, 3.63) is 0 Å². The first-order valence-corrected chi connectivity index (χ1v) is 5.02. The fraction of sp³-hybridized carbons (Fsp3) is 0.778. The molecule has 5 nitrogen and oxygen atoms in total. The van der Waals surface area contributed by atoms with E-state index in [-0.39, 0.29) is 23.9 Å². The molecule has 2 aliphatic heterocycles. The van der Waals surface area contributed by atoms with Crippen molar-refractivity contribution in [1.82, 2.24) is 15.5 Å². The normalized spacial score (nSPS) is 32.1. The molecule has 14 heavy (non-hydrogen) atoms. The lowest BCUT2D eigenvalue weighted by atomic mass is 10.0. The number of hydrogen-bond donors (Lipinski definition) is 2. The molecule has 0 bridgehead atoms. The molecule has 0 saturated carbocycles. The third-order valence-electron chi connectivity index (χ3n) is 2.90. The van der Waals surface area contributed by atoms with Crippen molar-refractivity contribution in [1.29, 1.82) is 0 Å². The SMILES string of the molecule is CC1C(=O)NCCN1C(=O)[C@H]1CCN1. The molecule has 5 heteroatoms. The number of hydrogen-bond acceptors (Lipinski definition) is 3. The maximum atomic E-state index is 11.8. The van der Waals surface area contributed by atoms with E-state index < -0.39 is 0 Å². The van der Waals surface area contributed by atoms with Gasteiger partial charge in [0.25, 0.3) is 0 Å². The Balaban J connectivity index is 2.00. The topological polar surface area (TPSA) is 61.4 Å². The van der Waals surface area contributed by atoms with E-state index in [4.69, 9.17) is 0 Å². The third-order valence-corrected chi connectivity index (χ3v) is 2.90. The van der Waals surface area contributed by atoms with Crippen LogP contribution in [0.25, 0.3) is 0 Å². The largest absolute Gasteiger partial charge is 0.353 e. The van der Waals surface area contributed by atoms with Crippen LogP contribution in [0.4, 0.5) is 0 Å². The van der Waals surface area contributed by atoms with Gasteiger partial charge in [0.15, 0.2) is 0 Å². The van der Waals surface area contributed by atoms with Crippen molar-refractivity contribution in [2.75, 3.05) is 19.6 Å². The highest BCUT2D eigenvalue weighted by atomic mass is 16.2. The van der Waals surface area contributed by atoms with Crippen LogP contribution in [0.3, 0.4) is 0 Å². The molecule has 78 valence electrons. The molecule has 2 N–H and O–H groups in total. The van der Waals surface area contributed by atoms with E-state index in [1.165, 1.54) is 0 Å². The highest BCUT2D eigenvalue weighted by Gasteiger charge is 2.35. The minimum absolute atomic E-state index is 0.0519. The van der Waals surface area contributed by atoms with Crippen molar-refractivity contribution < 1.29 is 9.59 Å². The molecule has 0 aromatic carbocycles. The number of rotatable bonds is 1. The molecule has 0 aliphatic carbocycles. The molecule has 0 radical (unpaired) electrons. The van der Waals surface area contributed by atoms with Gasteiger partial charge in [0.05, 0.1) is 6.04 Å². The molecular weight excluding hydrogens is 182 g/mol. The van der Waals surface area contributed by atoms with Crippen LogP contribution in [0.15, 0.2) is 0 Å². The third kappa shape index (κ3) is 1.48. The summed E-state index contributed by atoms with van der Waals surface area (Å²) in [5.74, 6) is 0.0162. The first kappa shape index (κ1) is 9.45. The van der Waals surface area contributed by atoms with Crippen LogP contribution in [0.2, 0.25) is 0 Å². The van der Waals surface area contributed by atoms with Crippen LogP contribution in [0.1, 0.15) is 13.3 Å². The average molecular weight is 197 g/mol. The molecule has 2 heterocycles. The van der Waals surface area contributed by atoms with E-state index in [0.717, 1.165) is 13.0 Å². The molecular formula is C9H15N3O2. The van der Waals surface area contributed by atoms with E-state index >= 15 is 0 Å². The molecule has 2 atom stereocenters. The fourth-order valence-electron chi connectivity index (χ4n) is 1.78. The van der Waals surface area contributed by atoms with Crippen LogP contribution in [-0.2, 0) is 9.59 Å². The fourth-order valence-corrected chi connectivity index (χ4v) is 1.78. The lowest BCUT2D eigenvalue weighted by molar-refractivity contribution is -0.145. The van der Waals surface area contributed by atoms with Crippen molar-refractivity contribution in [3.63, 3.8) is 0 Å². The first-order valence-electron chi connectivity index (χ1n) is 5.02. The predicted octanol–water partition coefficient (Wildman–Crippen LogP) is -1.30. The van der Waals surface area contributed by atoms with Gasteiger partial charge in [-0.15, -0.1) is 0 Å². The highest BCUT2D eigenvalue weighted by molar-refractivity contribution is 5.90. The second kappa shape index (κ2) is 3.57. The molecule has 2 saturated heterocycles.